The number of aromatic nitrogens is 2. The van der Waals surface area contributed by atoms with Crippen LogP contribution < -0.4 is 16.0 Å². The van der Waals surface area contributed by atoms with Crippen LogP contribution in [-0.4, -0.2) is 66.2 Å². The zero-order valence-corrected chi connectivity index (χ0v) is 14.4. The van der Waals surface area contributed by atoms with Crippen LogP contribution in [0.4, 0.5) is 10.1 Å². The number of hydrogen-bond acceptors (Lipinski definition) is 4. The van der Waals surface area contributed by atoms with Crippen molar-refractivity contribution in [3.05, 3.63) is 48.0 Å². The molecule has 1 fully saturated rings. The molecule has 2 aromatic rings. The second-order valence-corrected chi connectivity index (χ2v) is 5.92. The topological polar surface area (TPSA) is 103 Å². The van der Waals surface area contributed by atoms with Crippen molar-refractivity contribution in [1.82, 2.24) is 20.4 Å². The van der Waals surface area contributed by atoms with Gasteiger partial charge < -0.3 is 20.9 Å². The maximum Gasteiger partial charge on any atom is 0.269 e. The monoisotopic (exact) mass is 359 g/mol. The third-order valence-electron chi connectivity index (χ3n) is 4.21. The van der Waals surface area contributed by atoms with Crippen molar-refractivity contribution in [2.75, 3.05) is 44.2 Å². The van der Waals surface area contributed by atoms with Gasteiger partial charge in [0.15, 0.2) is 5.96 Å². The molecule has 0 aliphatic carbocycles. The molecule has 1 amide bonds. The second kappa shape index (κ2) is 8.32. The number of carbonyl (C=O) groups excluding carboxylic acids is 1. The smallest absolute Gasteiger partial charge is 0.269 e. The van der Waals surface area contributed by atoms with E-state index in [-0.39, 0.29) is 11.7 Å². The number of carbonyl (C=O) groups is 1. The quantitative estimate of drug-likeness (QED) is 0.408. The molecule has 1 aliphatic heterocycles. The molecule has 0 saturated carbocycles. The number of hydrogen-bond donors (Lipinski definition) is 3. The zero-order chi connectivity index (χ0) is 18.4. The lowest BCUT2D eigenvalue weighted by Gasteiger charge is -2.36. The molecule has 0 unspecified atom stereocenters. The van der Waals surface area contributed by atoms with Crippen molar-refractivity contribution >= 4 is 17.6 Å². The Morgan fingerprint density at radius 3 is 2.62 bits per heavy atom. The zero-order valence-electron chi connectivity index (χ0n) is 14.4. The van der Waals surface area contributed by atoms with Crippen molar-refractivity contribution in [1.29, 1.82) is 0 Å². The molecule has 1 aromatic heterocycles. The minimum atomic E-state index is -0.233. The van der Waals surface area contributed by atoms with Crippen LogP contribution >= 0.6 is 0 Å². The highest BCUT2D eigenvalue weighted by Crippen LogP contribution is 2.16. The third kappa shape index (κ3) is 4.50. The van der Waals surface area contributed by atoms with Crippen molar-refractivity contribution in [3.8, 4) is 0 Å². The molecular weight excluding hydrogens is 337 g/mol. The summed E-state index contributed by atoms with van der Waals surface area (Å²) >= 11 is 0. The lowest BCUT2D eigenvalue weighted by Crippen LogP contribution is -2.51. The van der Waals surface area contributed by atoms with Crippen LogP contribution in [0.2, 0.25) is 0 Å². The SMILES string of the molecule is NC(=NCCNC(=O)c1ccn[nH]1)N1CCN(c2ccc(F)cc2)CC1. The summed E-state index contributed by atoms with van der Waals surface area (Å²) in [5, 5.41) is 9.08. The van der Waals surface area contributed by atoms with E-state index in [0.717, 1.165) is 31.9 Å². The molecule has 2 heterocycles. The summed E-state index contributed by atoms with van der Waals surface area (Å²) in [6.07, 6.45) is 1.52. The Kier molecular flexibility index (Phi) is 5.67. The first-order valence-electron chi connectivity index (χ1n) is 8.46. The maximum absolute atomic E-state index is 13.0. The highest BCUT2D eigenvalue weighted by molar-refractivity contribution is 5.92. The van der Waals surface area contributed by atoms with Crippen LogP contribution in [0.1, 0.15) is 10.5 Å². The van der Waals surface area contributed by atoms with E-state index in [2.05, 4.69) is 25.4 Å². The van der Waals surface area contributed by atoms with Gasteiger partial charge in [-0.05, 0) is 30.3 Å². The second-order valence-electron chi connectivity index (χ2n) is 5.92. The van der Waals surface area contributed by atoms with Gasteiger partial charge in [-0.15, -0.1) is 0 Å². The van der Waals surface area contributed by atoms with Gasteiger partial charge in [-0.1, -0.05) is 0 Å². The number of halogens is 1. The fourth-order valence-electron chi connectivity index (χ4n) is 2.76. The van der Waals surface area contributed by atoms with E-state index in [1.54, 1.807) is 18.2 Å². The van der Waals surface area contributed by atoms with Crippen LogP contribution in [0, 0.1) is 5.82 Å². The molecule has 0 atom stereocenters. The maximum atomic E-state index is 13.0. The van der Waals surface area contributed by atoms with Gasteiger partial charge >= 0.3 is 0 Å². The molecule has 1 aliphatic rings. The highest BCUT2D eigenvalue weighted by Gasteiger charge is 2.18. The molecule has 0 spiro atoms. The number of guanidine groups is 1. The van der Waals surface area contributed by atoms with E-state index in [1.165, 1.54) is 18.3 Å². The van der Waals surface area contributed by atoms with E-state index in [0.29, 0.717) is 24.7 Å². The van der Waals surface area contributed by atoms with Gasteiger partial charge in [-0.25, -0.2) is 4.39 Å². The number of piperazine rings is 1. The average Bonchev–Trinajstić information content (AvgIpc) is 3.20. The average molecular weight is 359 g/mol. The van der Waals surface area contributed by atoms with Gasteiger partial charge in [0.1, 0.15) is 11.5 Å². The minimum absolute atomic E-state index is 0.218. The summed E-state index contributed by atoms with van der Waals surface area (Å²) in [5.74, 6) is 0.0205. The van der Waals surface area contributed by atoms with Crippen molar-refractivity contribution in [2.24, 2.45) is 10.7 Å². The van der Waals surface area contributed by atoms with E-state index < -0.39 is 0 Å². The molecule has 4 N–H and O–H groups in total. The Balaban J connectivity index is 1.41. The third-order valence-corrected chi connectivity index (χ3v) is 4.21. The summed E-state index contributed by atoms with van der Waals surface area (Å²) in [4.78, 5) is 20.3. The molecular formula is C17H22FN7O. The van der Waals surface area contributed by atoms with Gasteiger partial charge in [0.2, 0.25) is 0 Å². The number of aromatic amines is 1. The van der Waals surface area contributed by atoms with Crippen LogP contribution in [0.5, 0.6) is 0 Å². The summed E-state index contributed by atoms with van der Waals surface area (Å²) in [6, 6.07) is 8.10. The summed E-state index contributed by atoms with van der Waals surface area (Å²) in [7, 11) is 0. The Morgan fingerprint density at radius 1 is 1.23 bits per heavy atom. The number of aliphatic imine (C=N–C) groups is 1. The van der Waals surface area contributed by atoms with Crippen molar-refractivity contribution < 1.29 is 9.18 Å². The number of rotatable bonds is 5. The van der Waals surface area contributed by atoms with E-state index >= 15 is 0 Å². The molecule has 0 radical (unpaired) electrons. The van der Waals surface area contributed by atoms with Gasteiger partial charge in [-0.3, -0.25) is 14.9 Å². The predicted molar refractivity (Wildman–Crippen MR) is 97.6 cm³/mol. The molecule has 138 valence electrons. The number of nitrogens with zero attached hydrogens (tertiary/aromatic N) is 4. The number of nitrogens with one attached hydrogen (secondary N) is 2. The molecule has 9 heteroatoms. The largest absolute Gasteiger partial charge is 0.370 e. The Hall–Kier alpha value is -3.10. The van der Waals surface area contributed by atoms with Crippen molar-refractivity contribution in [3.63, 3.8) is 0 Å². The molecule has 3 rings (SSSR count). The lowest BCUT2D eigenvalue weighted by atomic mass is 10.2. The molecule has 0 bridgehead atoms. The Morgan fingerprint density at radius 2 is 1.96 bits per heavy atom. The normalized spacial score (nSPS) is 15.2. The first-order valence-corrected chi connectivity index (χ1v) is 8.46. The lowest BCUT2D eigenvalue weighted by molar-refractivity contribution is 0.0950. The van der Waals surface area contributed by atoms with E-state index in [9.17, 15) is 9.18 Å². The highest BCUT2D eigenvalue weighted by atomic mass is 19.1. The number of anilines is 1. The summed E-state index contributed by atoms with van der Waals surface area (Å²) < 4.78 is 13.0. The first-order chi connectivity index (χ1) is 12.6. The number of amides is 1. The van der Waals surface area contributed by atoms with Crippen LogP contribution in [0.25, 0.3) is 0 Å². The van der Waals surface area contributed by atoms with Crippen LogP contribution in [0.3, 0.4) is 0 Å². The first kappa shape index (κ1) is 17.7. The Bertz CT molecular complexity index is 737. The van der Waals surface area contributed by atoms with Crippen LogP contribution in [0.15, 0.2) is 41.5 Å². The number of H-pyrrole nitrogens is 1. The molecule has 1 aromatic carbocycles. The fraction of sp³-hybridized carbons (Fsp3) is 0.353. The predicted octanol–water partition coefficient (Wildman–Crippen LogP) is 0.416. The summed E-state index contributed by atoms with van der Waals surface area (Å²) in [5.41, 5.74) is 7.46. The number of benzene rings is 1. The van der Waals surface area contributed by atoms with Gasteiger partial charge in [-0.2, -0.15) is 5.10 Å². The number of nitrogens with two attached hydrogens (primary N) is 1. The van der Waals surface area contributed by atoms with Crippen LogP contribution in [-0.2, 0) is 0 Å². The standard InChI is InChI=1S/C17H22FN7O/c18-13-1-3-14(4-2-13)24-9-11-25(12-10-24)17(19)21-8-7-20-16(26)15-5-6-22-23-15/h1-6H,7-12H2,(H2,19,21)(H,20,26)(H,22,23). The Labute approximate surface area is 150 Å². The van der Waals surface area contributed by atoms with Gasteiger partial charge in [0.25, 0.3) is 5.91 Å². The van der Waals surface area contributed by atoms with E-state index in [4.69, 9.17) is 5.73 Å². The fourth-order valence-corrected chi connectivity index (χ4v) is 2.76. The molecule has 8 nitrogen and oxygen atoms in total. The van der Waals surface area contributed by atoms with Gasteiger partial charge in [0, 0.05) is 44.6 Å². The summed E-state index contributed by atoms with van der Waals surface area (Å²) in [6.45, 7) is 3.87. The van der Waals surface area contributed by atoms with E-state index in [1.807, 2.05) is 4.90 Å². The molecule has 1 saturated heterocycles. The minimum Gasteiger partial charge on any atom is -0.370 e. The molecule has 26 heavy (non-hydrogen) atoms. The van der Waals surface area contributed by atoms with Crippen molar-refractivity contribution in [2.45, 2.75) is 0 Å². The van der Waals surface area contributed by atoms with Gasteiger partial charge in [0.05, 0.1) is 6.54 Å².